The molecule has 2 amide bonds. The van der Waals surface area contributed by atoms with Gasteiger partial charge in [-0.25, -0.2) is 0 Å². The molecule has 6 nitrogen and oxygen atoms in total. The molecule has 136 valence electrons. The highest BCUT2D eigenvalue weighted by Crippen LogP contribution is 2.15. The first-order valence-electron chi connectivity index (χ1n) is 9.02. The molecule has 6 heteroatoms. The SMILES string of the molecule is CC(C)N1CC(NC(=O)c2ccc(CN3CCOCC3)cc2)CC1=O. The fourth-order valence-corrected chi connectivity index (χ4v) is 3.38. The number of benzene rings is 1. The summed E-state index contributed by atoms with van der Waals surface area (Å²) in [5.41, 5.74) is 1.83. The molecule has 1 unspecified atom stereocenters. The summed E-state index contributed by atoms with van der Waals surface area (Å²) in [6.45, 7) is 8.93. The van der Waals surface area contributed by atoms with Gasteiger partial charge >= 0.3 is 0 Å². The summed E-state index contributed by atoms with van der Waals surface area (Å²) >= 11 is 0. The standard InChI is InChI=1S/C19H27N3O3/c1-14(2)22-13-17(11-18(22)23)20-19(24)16-5-3-15(4-6-16)12-21-7-9-25-10-8-21/h3-6,14,17H,7-13H2,1-2H3,(H,20,24). The van der Waals surface area contributed by atoms with Crippen LogP contribution in [-0.4, -0.2) is 66.5 Å². The highest BCUT2D eigenvalue weighted by Gasteiger charge is 2.32. The molecule has 0 radical (unpaired) electrons. The lowest BCUT2D eigenvalue weighted by atomic mass is 10.1. The van der Waals surface area contributed by atoms with E-state index in [2.05, 4.69) is 10.2 Å². The Hall–Kier alpha value is -1.92. The van der Waals surface area contributed by atoms with E-state index in [9.17, 15) is 9.59 Å². The number of hydrogen-bond donors (Lipinski definition) is 1. The molecule has 2 heterocycles. The summed E-state index contributed by atoms with van der Waals surface area (Å²) < 4.78 is 5.36. The van der Waals surface area contributed by atoms with Gasteiger partial charge in [-0.15, -0.1) is 0 Å². The zero-order chi connectivity index (χ0) is 17.8. The molecule has 0 aliphatic carbocycles. The first-order valence-corrected chi connectivity index (χ1v) is 9.02. The van der Waals surface area contributed by atoms with Crippen LogP contribution in [0.4, 0.5) is 0 Å². The molecular weight excluding hydrogens is 318 g/mol. The Morgan fingerprint density at radius 3 is 2.52 bits per heavy atom. The van der Waals surface area contributed by atoms with E-state index in [0.29, 0.717) is 18.5 Å². The average Bonchev–Trinajstić information content (AvgIpc) is 2.97. The Morgan fingerprint density at radius 2 is 1.92 bits per heavy atom. The molecule has 0 aromatic heterocycles. The van der Waals surface area contributed by atoms with E-state index in [1.807, 2.05) is 43.0 Å². The van der Waals surface area contributed by atoms with Crippen LogP contribution in [0.2, 0.25) is 0 Å². The van der Waals surface area contributed by atoms with Crippen molar-refractivity contribution in [2.45, 2.75) is 38.9 Å². The van der Waals surface area contributed by atoms with Crippen molar-refractivity contribution >= 4 is 11.8 Å². The highest BCUT2D eigenvalue weighted by molar-refractivity contribution is 5.95. The van der Waals surface area contributed by atoms with Gasteiger partial charge in [-0.05, 0) is 31.5 Å². The van der Waals surface area contributed by atoms with Crippen LogP contribution in [-0.2, 0) is 16.1 Å². The molecule has 1 aromatic rings. The van der Waals surface area contributed by atoms with Crippen molar-refractivity contribution in [2.75, 3.05) is 32.8 Å². The average molecular weight is 345 g/mol. The number of carbonyl (C=O) groups is 2. The number of likely N-dealkylation sites (tertiary alicyclic amines) is 1. The van der Waals surface area contributed by atoms with Crippen molar-refractivity contribution < 1.29 is 14.3 Å². The van der Waals surface area contributed by atoms with Gasteiger partial charge in [0.1, 0.15) is 0 Å². The van der Waals surface area contributed by atoms with Crippen molar-refractivity contribution in [1.29, 1.82) is 0 Å². The number of hydrogen-bond acceptors (Lipinski definition) is 4. The summed E-state index contributed by atoms with van der Waals surface area (Å²) in [7, 11) is 0. The number of rotatable bonds is 5. The molecule has 2 aliphatic heterocycles. The minimum atomic E-state index is -0.110. The predicted octanol–water partition coefficient (Wildman–Crippen LogP) is 1.26. The summed E-state index contributed by atoms with van der Waals surface area (Å²) in [4.78, 5) is 28.5. The van der Waals surface area contributed by atoms with Gasteiger partial charge in [-0.3, -0.25) is 14.5 Å². The van der Waals surface area contributed by atoms with Gasteiger partial charge in [-0.2, -0.15) is 0 Å². The summed E-state index contributed by atoms with van der Waals surface area (Å²) in [6.07, 6.45) is 0.388. The fourth-order valence-electron chi connectivity index (χ4n) is 3.38. The predicted molar refractivity (Wildman–Crippen MR) is 95.3 cm³/mol. The van der Waals surface area contributed by atoms with Crippen LogP contribution in [0.3, 0.4) is 0 Å². The second-order valence-corrected chi connectivity index (χ2v) is 7.10. The third-order valence-corrected chi connectivity index (χ3v) is 4.84. The Balaban J connectivity index is 1.53. The Bertz CT molecular complexity index is 609. The van der Waals surface area contributed by atoms with Crippen molar-refractivity contribution in [3.63, 3.8) is 0 Å². The largest absolute Gasteiger partial charge is 0.379 e. The molecule has 1 atom stereocenters. The van der Waals surface area contributed by atoms with Crippen LogP contribution in [0.15, 0.2) is 24.3 Å². The van der Waals surface area contributed by atoms with E-state index in [4.69, 9.17) is 4.74 Å². The van der Waals surface area contributed by atoms with E-state index in [1.54, 1.807) is 0 Å². The minimum Gasteiger partial charge on any atom is -0.379 e. The van der Waals surface area contributed by atoms with Crippen molar-refractivity contribution in [3.8, 4) is 0 Å². The van der Waals surface area contributed by atoms with E-state index < -0.39 is 0 Å². The fraction of sp³-hybridized carbons (Fsp3) is 0.579. The van der Waals surface area contributed by atoms with Crippen LogP contribution in [0.5, 0.6) is 0 Å². The molecular formula is C19H27N3O3. The lowest BCUT2D eigenvalue weighted by Gasteiger charge is -2.26. The van der Waals surface area contributed by atoms with Gasteiger partial charge in [0, 0.05) is 44.2 Å². The molecule has 0 saturated carbocycles. The Labute approximate surface area is 149 Å². The molecule has 3 rings (SSSR count). The van der Waals surface area contributed by atoms with Crippen LogP contribution >= 0.6 is 0 Å². The summed E-state index contributed by atoms with van der Waals surface area (Å²) in [5, 5.41) is 2.98. The maximum atomic E-state index is 12.4. The van der Waals surface area contributed by atoms with Gasteiger partial charge < -0.3 is 15.0 Å². The molecule has 2 saturated heterocycles. The maximum Gasteiger partial charge on any atom is 0.251 e. The van der Waals surface area contributed by atoms with Crippen molar-refractivity contribution in [3.05, 3.63) is 35.4 Å². The van der Waals surface area contributed by atoms with E-state index in [1.165, 1.54) is 5.56 Å². The molecule has 1 N–H and O–H groups in total. The van der Waals surface area contributed by atoms with Crippen LogP contribution < -0.4 is 5.32 Å². The maximum absolute atomic E-state index is 12.4. The van der Waals surface area contributed by atoms with Crippen LogP contribution in [0.1, 0.15) is 36.2 Å². The van der Waals surface area contributed by atoms with Gasteiger partial charge in [0.15, 0.2) is 0 Å². The van der Waals surface area contributed by atoms with Crippen molar-refractivity contribution in [2.24, 2.45) is 0 Å². The number of nitrogens with one attached hydrogen (secondary N) is 1. The second-order valence-electron chi connectivity index (χ2n) is 7.10. The van der Waals surface area contributed by atoms with E-state index >= 15 is 0 Å². The number of ether oxygens (including phenoxy) is 1. The second kappa shape index (κ2) is 7.97. The zero-order valence-corrected chi connectivity index (χ0v) is 15.0. The Kier molecular flexibility index (Phi) is 5.71. The van der Waals surface area contributed by atoms with Gasteiger partial charge in [0.05, 0.1) is 19.3 Å². The van der Waals surface area contributed by atoms with Gasteiger partial charge in [0.2, 0.25) is 5.91 Å². The Morgan fingerprint density at radius 1 is 1.24 bits per heavy atom. The summed E-state index contributed by atoms with van der Waals surface area (Å²) in [5.74, 6) is 0.00230. The van der Waals surface area contributed by atoms with Crippen LogP contribution in [0, 0.1) is 0 Å². The van der Waals surface area contributed by atoms with Gasteiger partial charge in [-0.1, -0.05) is 12.1 Å². The number of nitrogens with zero attached hydrogens (tertiary/aromatic N) is 2. The number of carbonyl (C=O) groups excluding carboxylic acids is 2. The monoisotopic (exact) mass is 345 g/mol. The first-order chi connectivity index (χ1) is 12.0. The minimum absolute atomic E-state index is 0.101. The third-order valence-electron chi connectivity index (χ3n) is 4.84. The first kappa shape index (κ1) is 17.9. The smallest absolute Gasteiger partial charge is 0.251 e. The number of morpholine rings is 1. The normalized spacial score (nSPS) is 21.8. The van der Waals surface area contributed by atoms with Crippen LogP contribution in [0.25, 0.3) is 0 Å². The molecule has 2 fully saturated rings. The van der Waals surface area contributed by atoms with Gasteiger partial charge in [0.25, 0.3) is 5.91 Å². The lowest BCUT2D eigenvalue weighted by molar-refractivity contribution is -0.129. The third kappa shape index (κ3) is 4.58. The highest BCUT2D eigenvalue weighted by atomic mass is 16.5. The topological polar surface area (TPSA) is 61.9 Å². The molecule has 25 heavy (non-hydrogen) atoms. The summed E-state index contributed by atoms with van der Waals surface area (Å²) in [6, 6.07) is 7.81. The van der Waals surface area contributed by atoms with E-state index in [-0.39, 0.29) is 23.9 Å². The van der Waals surface area contributed by atoms with E-state index in [0.717, 1.165) is 32.8 Å². The quantitative estimate of drug-likeness (QED) is 0.873. The lowest BCUT2D eigenvalue weighted by Crippen LogP contribution is -2.38. The van der Waals surface area contributed by atoms with Crippen molar-refractivity contribution in [1.82, 2.24) is 15.1 Å². The molecule has 0 bridgehead atoms. The zero-order valence-electron chi connectivity index (χ0n) is 15.0. The number of amides is 2. The molecule has 0 spiro atoms. The molecule has 2 aliphatic rings. The molecule has 1 aromatic carbocycles.